The van der Waals surface area contributed by atoms with Crippen LogP contribution in [0.1, 0.15) is 47.0 Å². The van der Waals surface area contributed by atoms with Crippen LogP contribution in [-0.2, 0) is 26.0 Å². The molecule has 1 aliphatic heterocycles. The second-order valence-electron chi connectivity index (χ2n) is 8.83. The summed E-state index contributed by atoms with van der Waals surface area (Å²) in [5.41, 5.74) is 0.684. The van der Waals surface area contributed by atoms with E-state index in [4.69, 9.17) is 0 Å². The van der Waals surface area contributed by atoms with Crippen molar-refractivity contribution in [2.75, 3.05) is 18.8 Å². The first-order valence-electron chi connectivity index (χ1n) is 11.0. The number of fused-ring (bicyclic) bond motifs is 1. The summed E-state index contributed by atoms with van der Waals surface area (Å²) in [6.45, 7) is 9.10. The topological polar surface area (TPSA) is 79.7 Å². The van der Waals surface area contributed by atoms with Gasteiger partial charge < -0.3 is 14.4 Å². The van der Waals surface area contributed by atoms with E-state index in [1.807, 2.05) is 44.7 Å². The first-order valence-corrected chi connectivity index (χ1v) is 12.7. The van der Waals surface area contributed by atoms with Crippen LogP contribution in [0.4, 0.5) is 0 Å². The predicted octanol–water partition coefficient (Wildman–Crippen LogP) is 3.07. The van der Waals surface area contributed by atoms with Gasteiger partial charge in [-0.25, -0.2) is 8.42 Å². The summed E-state index contributed by atoms with van der Waals surface area (Å²) in [6, 6.07) is 6.96. The molecule has 1 fully saturated rings. The molecule has 1 aliphatic rings. The Morgan fingerprint density at radius 2 is 1.61 bits per heavy atom. The van der Waals surface area contributed by atoms with Gasteiger partial charge in [0.2, 0.25) is 11.8 Å². The fourth-order valence-electron chi connectivity index (χ4n) is 4.47. The maximum Gasteiger partial charge on any atom is 0.242 e. The fourth-order valence-corrected chi connectivity index (χ4v) is 5.89. The van der Waals surface area contributed by atoms with E-state index in [9.17, 15) is 18.0 Å². The number of rotatable bonds is 7. The Kier molecular flexibility index (Phi) is 7.09. The van der Waals surface area contributed by atoms with Crippen LogP contribution >= 0.6 is 0 Å². The summed E-state index contributed by atoms with van der Waals surface area (Å²) >= 11 is 0. The van der Waals surface area contributed by atoms with Crippen molar-refractivity contribution in [3.05, 3.63) is 30.5 Å². The smallest absolute Gasteiger partial charge is 0.242 e. The zero-order valence-corrected chi connectivity index (χ0v) is 19.7. The third-order valence-corrected chi connectivity index (χ3v) is 7.44. The molecule has 0 spiro atoms. The predicted molar refractivity (Wildman–Crippen MR) is 122 cm³/mol. The highest BCUT2D eigenvalue weighted by Crippen LogP contribution is 2.27. The van der Waals surface area contributed by atoms with Gasteiger partial charge in [-0.3, -0.25) is 9.59 Å². The molecule has 0 bridgehead atoms. The lowest BCUT2D eigenvalue weighted by molar-refractivity contribution is -0.133. The highest BCUT2D eigenvalue weighted by Gasteiger charge is 2.29. The van der Waals surface area contributed by atoms with Crippen molar-refractivity contribution in [3.63, 3.8) is 0 Å². The molecule has 3 rings (SSSR count). The molecule has 7 nitrogen and oxygen atoms in total. The molecular formula is C23H33N3O4S. The minimum Gasteiger partial charge on any atom is -0.341 e. The van der Waals surface area contributed by atoms with Crippen molar-refractivity contribution < 1.29 is 18.0 Å². The lowest BCUT2D eigenvalue weighted by Gasteiger charge is -2.30. The molecule has 1 saturated heterocycles. The second kappa shape index (κ2) is 9.42. The number of amides is 2. The van der Waals surface area contributed by atoms with Gasteiger partial charge in [0, 0.05) is 42.3 Å². The number of hydrogen-bond acceptors (Lipinski definition) is 4. The minimum absolute atomic E-state index is 0.00809. The van der Waals surface area contributed by atoms with Gasteiger partial charge in [0.25, 0.3) is 0 Å². The lowest BCUT2D eigenvalue weighted by Crippen LogP contribution is -2.44. The van der Waals surface area contributed by atoms with E-state index in [1.54, 1.807) is 21.6 Å². The standard InChI is InChI=1S/C23H33N3O4S/c1-17(2)26(18(3)4)23(28)16-31(29,30)21-14-25(20-11-7-6-10-19(20)21)15-22(27)24-12-8-5-9-13-24/h6-7,10-11,14,17-18H,5,8-9,12-13,15-16H2,1-4H3. The van der Waals surface area contributed by atoms with Gasteiger partial charge in [0.05, 0.1) is 4.90 Å². The van der Waals surface area contributed by atoms with Crippen LogP contribution in [0.2, 0.25) is 0 Å². The first kappa shape index (κ1) is 23.3. The van der Waals surface area contributed by atoms with Crippen LogP contribution in [0.15, 0.2) is 35.4 Å². The van der Waals surface area contributed by atoms with Gasteiger partial charge in [-0.05, 0) is 53.0 Å². The van der Waals surface area contributed by atoms with Crippen LogP contribution < -0.4 is 0 Å². The molecule has 0 N–H and O–H groups in total. The van der Waals surface area contributed by atoms with Gasteiger partial charge in [0.1, 0.15) is 12.3 Å². The van der Waals surface area contributed by atoms with E-state index in [1.165, 1.54) is 6.20 Å². The molecule has 2 heterocycles. The largest absolute Gasteiger partial charge is 0.341 e. The Balaban J connectivity index is 1.91. The average Bonchev–Trinajstić information content (AvgIpc) is 3.07. The van der Waals surface area contributed by atoms with Gasteiger partial charge in [-0.15, -0.1) is 0 Å². The normalized spacial score (nSPS) is 15.1. The zero-order chi connectivity index (χ0) is 22.8. The van der Waals surface area contributed by atoms with Crippen LogP contribution in [0, 0.1) is 0 Å². The summed E-state index contributed by atoms with van der Waals surface area (Å²) in [7, 11) is -3.87. The van der Waals surface area contributed by atoms with Crippen LogP contribution in [0.25, 0.3) is 10.9 Å². The van der Waals surface area contributed by atoms with Crippen LogP contribution in [-0.4, -0.2) is 65.5 Å². The number of carbonyl (C=O) groups excluding carboxylic acids is 2. The average molecular weight is 448 g/mol. The van der Waals surface area contributed by atoms with E-state index in [0.29, 0.717) is 10.9 Å². The first-order chi connectivity index (χ1) is 14.6. The molecule has 0 atom stereocenters. The molecule has 31 heavy (non-hydrogen) atoms. The second-order valence-corrected chi connectivity index (χ2v) is 10.8. The maximum absolute atomic E-state index is 13.3. The molecule has 170 valence electrons. The van der Waals surface area contributed by atoms with Gasteiger partial charge >= 0.3 is 0 Å². The highest BCUT2D eigenvalue weighted by atomic mass is 32.2. The molecular weight excluding hydrogens is 414 g/mol. The van der Waals surface area contributed by atoms with Crippen molar-refractivity contribution in [2.45, 2.75) is 70.5 Å². The Labute approximate surface area is 184 Å². The Morgan fingerprint density at radius 3 is 2.23 bits per heavy atom. The number of piperidine rings is 1. The molecule has 0 aliphatic carbocycles. The van der Waals surface area contributed by atoms with E-state index >= 15 is 0 Å². The third kappa shape index (κ3) is 5.11. The fraction of sp³-hybridized carbons (Fsp3) is 0.565. The summed E-state index contributed by atoms with van der Waals surface area (Å²) in [6.07, 6.45) is 4.66. The number of hydrogen-bond donors (Lipinski definition) is 0. The summed E-state index contributed by atoms with van der Waals surface area (Å²) in [5, 5.41) is 0.544. The van der Waals surface area contributed by atoms with E-state index in [-0.39, 0.29) is 29.4 Å². The Hall–Kier alpha value is -2.35. The lowest BCUT2D eigenvalue weighted by atomic mass is 10.1. The molecule has 1 aromatic carbocycles. The van der Waals surface area contributed by atoms with Gasteiger partial charge in [0.15, 0.2) is 9.84 Å². The van der Waals surface area contributed by atoms with Crippen molar-refractivity contribution in [2.24, 2.45) is 0 Å². The quantitative estimate of drug-likeness (QED) is 0.653. The monoisotopic (exact) mass is 447 g/mol. The van der Waals surface area contributed by atoms with Crippen LogP contribution in [0.3, 0.4) is 0 Å². The summed E-state index contributed by atoms with van der Waals surface area (Å²) in [5.74, 6) is -1.00. The van der Waals surface area contributed by atoms with Crippen molar-refractivity contribution in [3.8, 4) is 0 Å². The molecule has 1 aromatic heterocycles. The van der Waals surface area contributed by atoms with Crippen molar-refractivity contribution in [1.29, 1.82) is 0 Å². The number of para-hydroxylation sites is 1. The molecule has 2 aromatic rings. The van der Waals surface area contributed by atoms with E-state index < -0.39 is 21.5 Å². The Bertz CT molecular complexity index is 1040. The highest BCUT2D eigenvalue weighted by molar-refractivity contribution is 7.92. The van der Waals surface area contributed by atoms with Gasteiger partial charge in [-0.2, -0.15) is 0 Å². The molecule has 0 radical (unpaired) electrons. The van der Waals surface area contributed by atoms with Crippen molar-refractivity contribution >= 4 is 32.6 Å². The SMILES string of the molecule is CC(C)N(C(=O)CS(=O)(=O)c1cn(CC(=O)N2CCCCC2)c2ccccc12)C(C)C. The Morgan fingerprint density at radius 1 is 1.00 bits per heavy atom. The van der Waals surface area contributed by atoms with E-state index in [2.05, 4.69) is 0 Å². The molecule has 8 heteroatoms. The molecule has 0 unspecified atom stereocenters. The number of carbonyl (C=O) groups is 2. The third-order valence-electron chi connectivity index (χ3n) is 5.82. The van der Waals surface area contributed by atoms with Crippen molar-refractivity contribution in [1.82, 2.24) is 14.4 Å². The van der Waals surface area contributed by atoms with Crippen LogP contribution in [0.5, 0.6) is 0 Å². The van der Waals surface area contributed by atoms with E-state index in [0.717, 1.165) is 32.4 Å². The number of aromatic nitrogens is 1. The minimum atomic E-state index is -3.87. The zero-order valence-electron chi connectivity index (χ0n) is 18.9. The summed E-state index contributed by atoms with van der Waals surface area (Å²) < 4.78 is 28.2. The number of sulfone groups is 1. The van der Waals surface area contributed by atoms with Gasteiger partial charge in [-0.1, -0.05) is 18.2 Å². The molecule has 2 amide bonds. The number of nitrogens with zero attached hydrogens (tertiary/aromatic N) is 3. The maximum atomic E-state index is 13.3. The summed E-state index contributed by atoms with van der Waals surface area (Å²) in [4.78, 5) is 29.2. The number of likely N-dealkylation sites (tertiary alicyclic amines) is 1. The molecule has 0 saturated carbocycles. The number of benzene rings is 1.